The summed E-state index contributed by atoms with van der Waals surface area (Å²) in [5.74, 6) is -0.0706. The Morgan fingerprint density at radius 3 is 2.55 bits per heavy atom. The van der Waals surface area contributed by atoms with Crippen molar-refractivity contribution < 1.29 is 9.21 Å². The second-order valence-corrected chi connectivity index (χ2v) is 8.83. The summed E-state index contributed by atoms with van der Waals surface area (Å²) < 4.78 is 6.93. The number of aryl methyl sites for hydroxylation is 1. The quantitative estimate of drug-likeness (QED) is 0.603. The van der Waals surface area contributed by atoms with E-state index in [2.05, 4.69) is 4.98 Å². The highest BCUT2D eigenvalue weighted by atomic mass is 16.3. The van der Waals surface area contributed by atoms with Crippen LogP contribution in [0.5, 0.6) is 0 Å². The fraction of sp³-hybridized carbons (Fsp3) is 0.435. The molecular formula is C23H30N4O4. The number of benzene rings is 1. The molecule has 1 amide bonds. The molecule has 2 aromatic heterocycles. The number of nitrogens with zero attached hydrogens (tertiary/aromatic N) is 2. The van der Waals surface area contributed by atoms with E-state index in [0.29, 0.717) is 18.7 Å². The maximum absolute atomic E-state index is 13.4. The van der Waals surface area contributed by atoms with Crippen molar-refractivity contribution in [2.45, 2.75) is 47.6 Å². The number of carbonyl (C=O) groups is 1. The average molecular weight is 427 g/mol. The molecule has 0 saturated carbocycles. The van der Waals surface area contributed by atoms with Gasteiger partial charge in [0.25, 0.3) is 5.56 Å². The molecule has 8 heteroatoms. The van der Waals surface area contributed by atoms with Gasteiger partial charge in [-0.2, -0.15) is 0 Å². The third kappa shape index (κ3) is 4.73. The van der Waals surface area contributed by atoms with Crippen LogP contribution in [0, 0.1) is 18.8 Å². The van der Waals surface area contributed by atoms with Crippen molar-refractivity contribution in [1.82, 2.24) is 9.55 Å². The highest BCUT2D eigenvalue weighted by Gasteiger charge is 2.26. The lowest BCUT2D eigenvalue weighted by atomic mass is 10.1. The van der Waals surface area contributed by atoms with Crippen LogP contribution in [0.4, 0.5) is 11.5 Å². The molecule has 0 spiro atoms. The molecular weight excluding hydrogens is 396 g/mol. The molecule has 0 atom stereocenters. The van der Waals surface area contributed by atoms with Gasteiger partial charge >= 0.3 is 5.69 Å². The van der Waals surface area contributed by atoms with Crippen LogP contribution < -0.4 is 21.9 Å². The fourth-order valence-electron chi connectivity index (χ4n) is 3.65. The fourth-order valence-corrected chi connectivity index (χ4v) is 3.65. The molecule has 0 unspecified atom stereocenters. The maximum atomic E-state index is 13.4. The van der Waals surface area contributed by atoms with E-state index in [1.807, 2.05) is 52.8 Å². The number of rotatable bonds is 7. The maximum Gasteiger partial charge on any atom is 0.330 e. The Morgan fingerprint density at radius 2 is 1.90 bits per heavy atom. The van der Waals surface area contributed by atoms with Crippen molar-refractivity contribution in [2.75, 3.05) is 17.2 Å². The first-order valence-corrected chi connectivity index (χ1v) is 10.5. The Labute approximate surface area is 180 Å². The van der Waals surface area contributed by atoms with Gasteiger partial charge in [0.2, 0.25) is 5.91 Å². The van der Waals surface area contributed by atoms with Crippen LogP contribution in [-0.4, -0.2) is 22.0 Å². The number of nitrogen functional groups attached to an aromatic ring is 1. The van der Waals surface area contributed by atoms with Gasteiger partial charge in [-0.15, -0.1) is 0 Å². The highest BCUT2D eigenvalue weighted by Crippen LogP contribution is 2.25. The molecule has 0 aliphatic heterocycles. The Morgan fingerprint density at radius 1 is 1.19 bits per heavy atom. The predicted octanol–water partition coefficient (Wildman–Crippen LogP) is 3.06. The summed E-state index contributed by atoms with van der Waals surface area (Å²) in [5.41, 5.74) is 7.54. The lowest BCUT2D eigenvalue weighted by Gasteiger charge is -2.26. The summed E-state index contributed by atoms with van der Waals surface area (Å²) in [4.78, 5) is 42.1. The summed E-state index contributed by atoms with van der Waals surface area (Å²) in [6, 6.07) is 5.80. The van der Waals surface area contributed by atoms with E-state index in [1.165, 1.54) is 9.47 Å². The van der Waals surface area contributed by atoms with Gasteiger partial charge in [-0.1, -0.05) is 39.8 Å². The number of amides is 1. The van der Waals surface area contributed by atoms with Gasteiger partial charge in [-0.05, 0) is 30.4 Å². The number of hydrogen-bond acceptors (Lipinski definition) is 5. The zero-order valence-corrected chi connectivity index (χ0v) is 18.7. The Bertz CT molecular complexity index is 1220. The standard InChI is InChI=1S/C23H30N4O4/c1-13(2)10-26(20-21(24)27(11-14(3)4)23(30)25-22(20)29)19(28)9-16-12-31-18-8-15(5)6-7-17(16)18/h6-8,12-14H,9-11,24H2,1-5H3,(H,25,29,30). The molecule has 2 heterocycles. The van der Waals surface area contributed by atoms with Crippen molar-refractivity contribution in [2.24, 2.45) is 11.8 Å². The molecule has 0 saturated heterocycles. The number of H-pyrrole nitrogens is 1. The number of aromatic amines is 1. The zero-order chi connectivity index (χ0) is 22.9. The minimum atomic E-state index is -0.663. The first-order chi connectivity index (χ1) is 14.6. The smallest absolute Gasteiger partial charge is 0.330 e. The lowest BCUT2D eigenvalue weighted by molar-refractivity contribution is -0.118. The largest absolute Gasteiger partial charge is 0.464 e. The number of anilines is 2. The van der Waals surface area contributed by atoms with Crippen LogP contribution in [0.2, 0.25) is 0 Å². The number of fused-ring (bicyclic) bond motifs is 1. The molecule has 31 heavy (non-hydrogen) atoms. The number of aromatic nitrogens is 2. The monoisotopic (exact) mass is 426 g/mol. The molecule has 1 aromatic carbocycles. The lowest BCUT2D eigenvalue weighted by Crippen LogP contribution is -2.43. The highest BCUT2D eigenvalue weighted by molar-refractivity contribution is 5.98. The van der Waals surface area contributed by atoms with Gasteiger partial charge in [-0.25, -0.2) is 4.79 Å². The van der Waals surface area contributed by atoms with Crippen molar-refractivity contribution >= 4 is 28.4 Å². The van der Waals surface area contributed by atoms with Crippen LogP contribution in [-0.2, 0) is 17.8 Å². The second kappa shape index (κ2) is 8.83. The van der Waals surface area contributed by atoms with Gasteiger partial charge in [0.15, 0.2) is 5.69 Å². The van der Waals surface area contributed by atoms with Crippen molar-refractivity contribution in [3.05, 3.63) is 56.4 Å². The van der Waals surface area contributed by atoms with Gasteiger partial charge in [0.1, 0.15) is 11.4 Å². The van der Waals surface area contributed by atoms with Crippen molar-refractivity contribution in [1.29, 1.82) is 0 Å². The van der Waals surface area contributed by atoms with E-state index in [9.17, 15) is 14.4 Å². The summed E-state index contributed by atoms with van der Waals surface area (Å²) in [6.07, 6.45) is 1.62. The van der Waals surface area contributed by atoms with Crippen LogP contribution in [0.15, 0.2) is 38.5 Å². The molecule has 166 valence electrons. The van der Waals surface area contributed by atoms with Crippen LogP contribution in [0.25, 0.3) is 11.0 Å². The number of hydrogen-bond donors (Lipinski definition) is 2. The summed E-state index contributed by atoms with van der Waals surface area (Å²) in [7, 11) is 0. The Balaban J connectivity index is 2.05. The van der Waals surface area contributed by atoms with E-state index >= 15 is 0 Å². The predicted molar refractivity (Wildman–Crippen MR) is 122 cm³/mol. The third-order valence-electron chi connectivity index (χ3n) is 5.03. The van der Waals surface area contributed by atoms with Gasteiger partial charge in [0, 0.05) is 24.0 Å². The molecule has 0 aliphatic rings. The van der Waals surface area contributed by atoms with Gasteiger partial charge in [-0.3, -0.25) is 19.1 Å². The summed E-state index contributed by atoms with van der Waals surface area (Å²) >= 11 is 0. The van der Waals surface area contributed by atoms with E-state index < -0.39 is 11.2 Å². The first kappa shape index (κ1) is 22.4. The van der Waals surface area contributed by atoms with Gasteiger partial charge in [0.05, 0.1) is 12.7 Å². The topological polar surface area (TPSA) is 114 Å². The Hall–Kier alpha value is -3.29. The number of carbonyl (C=O) groups excluding carboxylic acids is 1. The molecule has 3 N–H and O–H groups in total. The number of furan rings is 1. The molecule has 0 fully saturated rings. The van der Waals surface area contributed by atoms with Crippen LogP contribution >= 0.6 is 0 Å². The van der Waals surface area contributed by atoms with E-state index in [0.717, 1.165) is 16.5 Å². The van der Waals surface area contributed by atoms with Crippen molar-refractivity contribution in [3.8, 4) is 0 Å². The molecule has 3 aromatic rings. The molecule has 0 aliphatic carbocycles. The Kier molecular flexibility index (Phi) is 6.38. The second-order valence-electron chi connectivity index (χ2n) is 8.83. The van der Waals surface area contributed by atoms with Crippen LogP contribution in [0.3, 0.4) is 0 Å². The van der Waals surface area contributed by atoms with Crippen molar-refractivity contribution in [3.63, 3.8) is 0 Å². The SMILES string of the molecule is Cc1ccc2c(CC(=O)N(CC(C)C)c3c(N)n(CC(C)C)c(=O)[nH]c3=O)coc2c1. The summed E-state index contributed by atoms with van der Waals surface area (Å²) in [6.45, 7) is 10.4. The molecule has 3 rings (SSSR count). The summed E-state index contributed by atoms with van der Waals surface area (Å²) in [5, 5.41) is 0.857. The zero-order valence-electron chi connectivity index (χ0n) is 18.7. The van der Waals surface area contributed by atoms with E-state index in [4.69, 9.17) is 10.2 Å². The van der Waals surface area contributed by atoms with E-state index in [-0.39, 0.29) is 35.7 Å². The molecule has 8 nitrogen and oxygen atoms in total. The molecule has 0 bridgehead atoms. The van der Waals surface area contributed by atoms with E-state index in [1.54, 1.807) is 6.26 Å². The minimum Gasteiger partial charge on any atom is -0.464 e. The van der Waals surface area contributed by atoms with Gasteiger partial charge < -0.3 is 15.1 Å². The molecule has 0 radical (unpaired) electrons. The minimum absolute atomic E-state index is 0.00382. The number of nitrogens with two attached hydrogens (primary N) is 1. The first-order valence-electron chi connectivity index (χ1n) is 10.5. The third-order valence-corrected chi connectivity index (χ3v) is 5.03. The number of nitrogens with one attached hydrogen (secondary N) is 1. The average Bonchev–Trinajstić information content (AvgIpc) is 3.05. The van der Waals surface area contributed by atoms with Crippen LogP contribution in [0.1, 0.15) is 38.8 Å². The normalized spacial score (nSPS) is 11.6.